The Morgan fingerprint density at radius 3 is 2.53 bits per heavy atom. The van der Waals surface area contributed by atoms with Gasteiger partial charge in [0, 0.05) is 44.3 Å². The number of rotatable bonds is 6. The van der Waals surface area contributed by atoms with Crippen LogP contribution in [0.25, 0.3) is 0 Å². The highest BCUT2D eigenvalue weighted by Gasteiger charge is 2.27. The molecule has 1 aliphatic rings. The Bertz CT molecular complexity index is 997. The highest BCUT2D eigenvalue weighted by Crippen LogP contribution is 2.33. The van der Waals surface area contributed by atoms with Crippen LogP contribution in [0, 0.1) is 13.8 Å². The van der Waals surface area contributed by atoms with Gasteiger partial charge in [0.25, 0.3) is 0 Å². The average molecular weight is 402 g/mol. The second-order valence-corrected chi connectivity index (χ2v) is 8.56. The molecule has 1 fully saturated rings. The molecule has 30 heavy (non-hydrogen) atoms. The van der Waals surface area contributed by atoms with Gasteiger partial charge in [-0.1, -0.05) is 24.3 Å². The Labute approximate surface area is 179 Å². The van der Waals surface area contributed by atoms with Crippen molar-refractivity contribution >= 4 is 5.95 Å². The minimum Gasteiger partial charge on any atom is -0.347 e. The van der Waals surface area contributed by atoms with Crippen LogP contribution >= 0.6 is 0 Å². The van der Waals surface area contributed by atoms with Gasteiger partial charge in [0.1, 0.15) is 0 Å². The SMILES string of the molecule is Cc1cc(Cc2ccccc2C)cc([C@@H]2CCCN2Cc2cnc(N(C)C)nc2)n1. The van der Waals surface area contributed by atoms with Crippen molar-refractivity contribution in [2.45, 2.75) is 45.7 Å². The minimum absolute atomic E-state index is 0.356. The number of hydrogen-bond donors (Lipinski definition) is 0. The minimum atomic E-state index is 0.356. The summed E-state index contributed by atoms with van der Waals surface area (Å²) < 4.78 is 0. The fraction of sp³-hybridized carbons (Fsp3) is 0.400. The molecular weight excluding hydrogens is 370 g/mol. The van der Waals surface area contributed by atoms with Crippen molar-refractivity contribution < 1.29 is 0 Å². The van der Waals surface area contributed by atoms with Gasteiger partial charge in [0.05, 0.1) is 11.7 Å². The van der Waals surface area contributed by atoms with Crippen molar-refractivity contribution in [1.29, 1.82) is 0 Å². The predicted octanol–water partition coefficient (Wildman–Crippen LogP) is 4.48. The summed E-state index contributed by atoms with van der Waals surface area (Å²) >= 11 is 0. The maximum Gasteiger partial charge on any atom is 0.224 e. The first-order valence-corrected chi connectivity index (χ1v) is 10.7. The molecule has 0 saturated carbocycles. The molecule has 1 aromatic carbocycles. The number of likely N-dealkylation sites (tertiary alicyclic amines) is 1. The predicted molar refractivity (Wildman–Crippen MR) is 122 cm³/mol. The molecule has 0 radical (unpaired) electrons. The van der Waals surface area contributed by atoms with Crippen molar-refractivity contribution in [3.05, 3.63) is 82.4 Å². The molecular formula is C25H31N5. The Morgan fingerprint density at radius 2 is 1.80 bits per heavy atom. The fourth-order valence-corrected chi connectivity index (χ4v) is 4.31. The molecule has 0 amide bonds. The maximum absolute atomic E-state index is 4.93. The van der Waals surface area contributed by atoms with E-state index < -0.39 is 0 Å². The third kappa shape index (κ3) is 4.68. The van der Waals surface area contributed by atoms with Gasteiger partial charge in [-0.25, -0.2) is 9.97 Å². The van der Waals surface area contributed by atoms with Crippen LogP contribution in [-0.2, 0) is 13.0 Å². The molecule has 3 aromatic rings. The molecule has 0 aliphatic carbocycles. The van der Waals surface area contributed by atoms with Crippen LogP contribution in [0.5, 0.6) is 0 Å². The van der Waals surface area contributed by atoms with Crippen molar-refractivity contribution in [3.63, 3.8) is 0 Å². The molecule has 5 heteroatoms. The summed E-state index contributed by atoms with van der Waals surface area (Å²) in [5, 5.41) is 0. The second kappa shape index (κ2) is 8.92. The quantitative estimate of drug-likeness (QED) is 0.609. The summed E-state index contributed by atoms with van der Waals surface area (Å²) in [6.45, 7) is 6.24. The largest absolute Gasteiger partial charge is 0.347 e. The number of benzene rings is 1. The van der Waals surface area contributed by atoms with Crippen molar-refractivity contribution in [2.75, 3.05) is 25.5 Å². The second-order valence-electron chi connectivity index (χ2n) is 8.56. The lowest BCUT2D eigenvalue weighted by molar-refractivity contribution is 0.243. The summed E-state index contributed by atoms with van der Waals surface area (Å²) in [6.07, 6.45) is 7.20. The topological polar surface area (TPSA) is 45.2 Å². The van der Waals surface area contributed by atoms with Gasteiger partial charge in [-0.15, -0.1) is 0 Å². The Hall–Kier alpha value is -2.79. The third-order valence-corrected chi connectivity index (χ3v) is 5.87. The normalized spacial score (nSPS) is 16.7. The molecule has 1 saturated heterocycles. The van der Waals surface area contributed by atoms with Crippen LogP contribution in [-0.4, -0.2) is 40.5 Å². The Morgan fingerprint density at radius 1 is 1.03 bits per heavy atom. The zero-order chi connectivity index (χ0) is 21.1. The standard InChI is InChI=1S/C25H31N5/c1-18-8-5-6-9-22(18)13-20-12-19(2)28-23(14-20)24-10-7-11-30(24)17-21-15-26-25(27-16-21)29(3)4/h5-6,8-9,12,14-16,24H,7,10-11,13,17H2,1-4H3/t24-/m0/s1. The van der Waals surface area contributed by atoms with Gasteiger partial charge in [-0.05, 0) is 68.5 Å². The van der Waals surface area contributed by atoms with Crippen LogP contribution in [0.3, 0.4) is 0 Å². The first-order chi connectivity index (χ1) is 14.5. The summed E-state index contributed by atoms with van der Waals surface area (Å²) in [4.78, 5) is 18.3. The van der Waals surface area contributed by atoms with Gasteiger partial charge in [-0.2, -0.15) is 0 Å². The molecule has 1 atom stereocenters. The van der Waals surface area contributed by atoms with Gasteiger partial charge in [0.15, 0.2) is 0 Å². The van der Waals surface area contributed by atoms with E-state index in [2.05, 4.69) is 65.1 Å². The molecule has 0 bridgehead atoms. The van der Waals surface area contributed by atoms with Gasteiger partial charge < -0.3 is 4.90 Å². The van der Waals surface area contributed by atoms with Crippen LogP contribution in [0.15, 0.2) is 48.8 Å². The number of aryl methyl sites for hydroxylation is 2. The van der Waals surface area contributed by atoms with Crippen LogP contribution < -0.4 is 4.90 Å². The van der Waals surface area contributed by atoms with E-state index in [-0.39, 0.29) is 0 Å². The summed E-state index contributed by atoms with van der Waals surface area (Å²) in [6, 6.07) is 13.5. The molecule has 3 heterocycles. The molecule has 156 valence electrons. The fourth-order valence-electron chi connectivity index (χ4n) is 4.31. The number of hydrogen-bond acceptors (Lipinski definition) is 5. The van der Waals surface area contributed by atoms with Crippen LogP contribution in [0.2, 0.25) is 0 Å². The van der Waals surface area contributed by atoms with E-state index in [1.807, 2.05) is 31.4 Å². The molecule has 5 nitrogen and oxygen atoms in total. The summed E-state index contributed by atoms with van der Waals surface area (Å²) in [7, 11) is 3.92. The lowest BCUT2D eigenvalue weighted by Gasteiger charge is -2.25. The highest BCUT2D eigenvalue weighted by molar-refractivity contribution is 5.34. The van der Waals surface area contributed by atoms with Crippen LogP contribution in [0.4, 0.5) is 5.95 Å². The molecule has 2 aromatic heterocycles. The van der Waals surface area contributed by atoms with E-state index in [1.165, 1.54) is 28.8 Å². The number of aromatic nitrogens is 3. The van der Waals surface area contributed by atoms with E-state index >= 15 is 0 Å². The summed E-state index contributed by atoms with van der Waals surface area (Å²) in [5.74, 6) is 0.748. The van der Waals surface area contributed by atoms with Crippen molar-refractivity contribution in [2.24, 2.45) is 0 Å². The van der Waals surface area contributed by atoms with E-state index in [0.717, 1.165) is 43.1 Å². The molecule has 1 aliphatic heterocycles. The first kappa shape index (κ1) is 20.5. The van der Waals surface area contributed by atoms with Crippen LogP contribution in [0.1, 0.15) is 52.5 Å². The Balaban J connectivity index is 1.53. The first-order valence-electron chi connectivity index (χ1n) is 10.7. The highest BCUT2D eigenvalue weighted by atomic mass is 15.2. The maximum atomic E-state index is 4.93. The lowest BCUT2D eigenvalue weighted by Crippen LogP contribution is -2.24. The molecule has 0 spiro atoms. The lowest BCUT2D eigenvalue weighted by atomic mass is 9.98. The summed E-state index contributed by atoms with van der Waals surface area (Å²) in [5.41, 5.74) is 7.52. The van der Waals surface area contributed by atoms with Crippen molar-refractivity contribution in [1.82, 2.24) is 19.9 Å². The van der Waals surface area contributed by atoms with E-state index in [9.17, 15) is 0 Å². The number of nitrogens with zero attached hydrogens (tertiary/aromatic N) is 5. The molecule has 0 N–H and O–H groups in total. The number of pyridine rings is 1. The smallest absolute Gasteiger partial charge is 0.224 e. The van der Waals surface area contributed by atoms with Gasteiger partial charge in [0.2, 0.25) is 5.95 Å². The van der Waals surface area contributed by atoms with E-state index in [1.54, 1.807) is 0 Å². The molecule has 0 unspecified atom stereocenters. The van der Waals surface area contributed by atoms with Gasteiger partial charge >= 0.3 is 0 Å². The molecule has 4 rings (SSSR count). The zero-order valence-corrected chi connectivity index (χ0v) is 18.5. The van der Waals surface area contributed by atoms with Gasteiger partial charge in [-0.3, -0.25) is 9.88 Å². The number of anilines is 1. The monoisotopic (exact) mass is 401 g/mol. The third-order valence-electron chi connectivity index (χ3n) is 5.87. The van der Waals surface area contributed by atoms with E-state index in [0.29, 0.717) is 6.04 Å². The zero-order valence-electron chi connectivity index (χ0n) is 18.5. The Kier molecular flexibility index (Phi) is 6.09. The van der Waals surface area contributed by atoms with Crippen molar-refractivity contribution in [3.8, 4) is 0 Å². The average Bonchev–Trinajstić information content (AvgIpc) is 3.18. The van der Waals surface area contributed by atoms with E-state index in [4.69, 9.17) is 4.98 Å².